The maximum Gasteiger partial charge on any atom is 0.265 e. The molecule has 0 spiro atoms. The molecule has 0 radical (unpaired) electrons. The Labute approximate surface area is 161 Å². The fraction of sp³-hybridized carbons (Fsp3) is 0.0588. The predicted octanol–water partition coefficient (Wildman–Crippen LogP) is 2.41. The van der Waals surface area contributed by atoms with Gasteiger partial charge in [0.1, 0.15) is 0 Å². The van der Waals surface area contributed by atoms with E-state index in [4.69, 9.17) is 11.6 Å². The van der Waals surface area contributed by atoms with Crippen LogP contribution in [0, 0.1) is 0 Å². The fourth-order valence-corrected chi connectivity index (χ4v) is 5.00. The highest BCUT2D eigenvalue weighted by atomic mass is 35.5. The van der Waals surface area contributed by atoms with Crippen LogP contribution in [0.2, 0.25) is 5.02 Å². The van der Waals surface area contributed by atoms with Crippen LogP contribution in [0.4, 0.5) is 0 Å². The number of halogens is 1. The number of aromatic nitrogens is 1. The summed E-state index contributed by atoms with van der Waals surface area (Å²) in [5, 5.41) is 0.942. The zero-order valence-corrected chi connectivity index (χ0v) is 16.3. The van der Waals surface area contributed by atoms with Gasteiger partial charge in [0.15, 0.2) is 9.84 Å². The van der Waals surface area contributed by atoms with Crippen LogP contribution >= 0.6 is 11.6 Å². The van der Waals surface area contributed by atoms with Crippen molar-refractivity contribution >= 4 is 48.1 Å². The van der Waals surface area contributed by atoms with Crippen LogP contribution in [0.3, 0.4) is 0 Å². The normalized spacial score (nSPS) is 12.1. The first-order valence-corrected chi connectivity index (χ1v) is 11.2. The van der Waals surface area contributed by atoms with Crippen molar-refractivity contribution < 1.29 is 21.6 Å². The lowest BCUT2D eigenvalue weighted by atomic mass is 10.2. The van der Waals surface area contributed by atoms with E-state index in [1.807, 2.05) is 4.72 Å². The molecular weight excluding hydrogens is 412 g/mol. The monoisotopic (exact) mass is 424 g/mol. The number of carbonyl (C=O) groups excluding carboxylic acids is 1. The first kappa shape index (κ1) is 19.3. The summed E-state index contributed by atoms with van der Waals surface area (Å²) in [6, 6.07) is 9.63. The molecule has 0 aliphatic heterocycles. The van der Waals surface area contributed by atoms with Gasteiger partial charge >= 0.3 is 0 Å². The summed E-state index contributed by atoms with van der Waals surface area (Å²) in [5.74, 6) is -0.970. The summed E-state index contributed by atoms with van der Waals surface area (Å²) >= 11 is 5.84. The van der Waals surface area contributed by atoms with Gasteiger partial charge in [0.2, 0.25) is 0 Å². The highest BCUT2D eigenvalue weighted by molar-refractivity contribution is 7.91. The second-order valence-corrected chi connectivity index (χ2v) is 9.75. The molecule has 0 atom stereocenters. The van der Waals surface area contributed by atoms with Gasteiger partial charge < -0.3 is 0 Å². The second-order valence-electron chi connectivity index (χ2n) is 5.70. The number of nitrogens with zero attached hydrogens (tertiary/aromatic N) is 1. The Hall–Kier alpha value is -2.49. The molecule has 0 aliphatic carbocycles. The molecule has 0 aliphatic rings. The van der Waals surface area contributed by atoms with E-state index in [2.05, 4.69) is 4.98 Å². The Morgan fingerprint density at radius 2 is 1.78 bits per heavy atom. The Kier molecular flexibility index (Phi) is 4.94. The zero-order chi connectivity index (χ0) is 19.8. The van der Waals surface area contributed by atoms with E-state index in [9.17, 15) is 21.6 Å². The summed E-state index contributed by atoms with van der Waals surface area (Å²) in [6.07, 6.45) is 3.89. The van der Waals surface area contributed by atoms with E-state index >= 15 is 0 Å². The van der Waals surface area contributed by atoms with Crippen molar-refractivity contribution in [2.24, 2.45) is 0 Å². The van der Waals surface area contributed by atoms with E-state index < -0.39 is 25.8 Å². The number of fused-ring (bicyclic) bond motifs is 1. The lowest BCUT2D eigenvalue weighted by Gasteiger charge is -2.10. The van der Waals surface area contributed by atoms with Crippen LogP contribution in [0.15, 0.2) is 64.6 Å². The third-order valence-electron chi connectivity index (χ3n) is 3.75. The average Bonchev–Trinajstić information content (AvgIpc) is 2.60. The van der Waals surface area contributed by atoms with Gasteiger partial charge in [-0.2, -0.15) is 0 Å². The van der Waals surface area contributed by atoms with Crippen molar-refractivity contribution in [3.8, 4) is 0 Å². The summed E-state index contributed by atoms with van der Waals surface area (Å²) < 4.78 is 50.8. The number of sulfonamides is 1. The van der Waals surface area contributed by atoms with Crippen LogP contribution in [0.25, 0.3) is 10.8 Å². The Morgan fingerprint density at radius 1 is 1.04 bits per heavy atom. The zero-order valence-electron chi connectivity index (χ0n) is 13.9. The van der Waals surface area contributed by atoms with Crippen LogP contribution in [-0.4, -0.2) is 34.0 Å². The van der Waals surface area contributed by atoms with Gasteiger partial charge in [-0.25, -0.2) is 21.6 Å². The molecule has 1 N–H and O–H groups in total. The van der Waals surface area contributed by atoms with Crippen molar-refractivity contribution in [1.82, 2.24) is 9.71 Å². The number of carbonyl (C=O) groups is 1. The standard InChI is InChI=1S/C17H13ClN2O5S2/c1-26(22,23)16-9-11(5-6-14(16)18)17(21)20-27(24,25)15-4-2-3-12-10-19-8-7-13(12)15/h2-10H,1H3,(H,20,21). The van der Waals surface area contributed by atoms with Crippen LogP contribution in [0.5, 0.6) is 0 Å². The van der Waals surface area contributed by atoms with E-state index in [1.54, 1.807) is 6.07 Å². The molecule has 10 heteroatoms. The Balaban J connectivity index is 2.00. The molecule has 7 nitrogen and oxygen atoms in total. The molecule has 0 saturated carbocycles. The lowest BCUT2D eigenvalue weighted by Crippen LogP contribution is -2.30. The SMILES string of the molecule is CS(=O)(=O)c1cc(C(=O)NS(=O)(=O)c2cccc3cnccc23)ccc1Cl. The minimum atomic E-state index is -4.20. The van der Waals surface area contributed by atoms with Gasteiger partial charge in [-0.1, -0.05) is 23.7 Å². The van der Waals surface area contributed by atoms with Crippen molar-refractivity contribution in [3.63, 3.8) is 0 Å². The maximum absolute atomic E-state index is 12.7. The number of nitrogens with one attached hydrogen (secondary N) is 1. The highest BCUT2D eigenvalue weighted by Crippen LogP contribution is 2.24. The average molecular weight is 425 g/mol. The molecule has 1 aromatic heterocycles. The largest absolute Gasteiger partial charge is 0.268 e. The third kappa shape index (κ3) is 3.95. The lowest BCUT2D eigenvalue weighted by molar-refractivity contribution is 0.0981. The fourth-order valence-electron chi connectivity index (χ4n) is 2.49. The van der Waals surface area contributed by atoms with Crippen molar-refractivity contribution in [3.05, 3.63) is 65.4 Å². The number of rotatable bonds is 4. The molecule has 0 saturated heterocycles. The first-order valence-electron chi connectivity index (χ1n) is 7.49. The smallest absolute Gasteiger partial charge is 0.265 e. The molecule has 1 heterocycles. The van der Waals surface area contributed by atoms with E-state index in [-0.39, 0.29) is 20.4 Å². The Morgan fingerprint density at radius 3 is 2.48 bits per heavy atom. The number of hydrogen-bond acceptors (Lipinski definition) is 6. The third-order valence-corrected chi connectivity index (χ3v) is 6.72. The molecule has 3 aromatic rings. The summed E-state index contributed by atoms with van der Waals surface area (Å²) in [6.45, 7) is 0. The highest BCUT2D eigenvalue weighted by Gasteiger charge is 2.22. The van der Waals surface area contributed by atoms with Gasteiger partial charge in [0, 0.05) is 35.0 Å². The molecule has 1 amide bonds. The van der Waals surface area contributed by atoms with Crippen LogP contribution < -0.4 is 4.72 Å². The minimum absolute atomic E-state index is 0.0570. The molecule has 2 aromatic carbocycles. The van der Waals surface area contributed by atoms with Gasteiger partial charge in [0.25, 0.3) is 15.9 Å². The van der Waals surface area contributed by atoms with Gasteiger partial charge in [-0.3, -0.25) is 9.78 Å². The molecular formula is C17H13ClN2O5S2. The first-order chi connectivity index (χ1) is 12.6. The molecule has 27 heavy (non-hydrogen) atoms. The topological polar surface area (TPSA) is 110 Å². The summed E-state index contributed by atoms with van der Waals surface area (Å²) in [5.41, 5.74) is -0.148. The minimum Gasteiger partial charge on any atom is -0.268 e. The van der Waals surface area contributed by atoms with Gasteiger partial charge in [0.05, 0.1) is 14.8 Å². The summed E-state index contributed by atoms with van der Waals surface area (Å²) in [4.78, 5) is 16.0. The molecule has 3 rings (SSSR count). The molecule has 0 fully saturated rings. The Bertz CT molecular complexity index is 1270. The molecule has 0 bridgehead atoms. The number of sulfone groups is 1. The van der Waals surface area contributed by atoms with Crippen molar-refractivity contribution in [2.75, 3.05) is 6.26 Å². The quantitative estimate of drug-likeness (QED) is 0.688. The van der Waals surface area contributed by atoms with E-state index in [1.165, 1.54) is 42.7 Å². The number of benzene rings is 2. The van der Waals surface area contributed by atoms with Gasteiger partial charge in [-0.05, 0) is 30.3 Å². The van der Waals surface area contributed by atoms with Crippen molar-refractivity contribution in [2.45, 2.75) is 9.79 Å². The number of amides is 1. The summed E-state index contributed by atoms with van der Waals surface area (Å²) in [7, 11) is -7.88. The van der Waals surface area contributed by atoms with Crippen molar-refractivity contribution in [1.29, 1.82) is 0 Å². The van der Waals surface area contributed by atoms with E-state index in [0.29, 0.717) is 10.8 Å². The number of hydrogen-bond donors (Lipinski definition) is 1. The molecule has 0 unspecified atom stereocenters. The number of pyridine rings is 1. The predicted molar refractivity (Wildman–Crippen MR) is 101 cm³/mol. The molecule has 140 valence electrons. The van der Waals surface area contributed by atoms with Crippen LogP contribution in [-0.2, 0) is 19.9 Å². The van der Waals surface area contributed by atoms with E-state index in [0.717, 1.165) is 12.3 Å². The second kappa shape index (κ2) is 6.91. The van der Waals surface area contributed by atoms with Gasteiger partial charge in [-0.15, -0.1) is 0 Å². The maximum atomic E-state index is 12.7. The van der Waals surface area contributed by atoms with Crippen LogP contribution in [0.1, 0.15) is 10.4 Å².